The first-order valence-electron chi connectivity index (χ1n) is 17.7. The molecular formula is C40H46ClFN4O5. The summed E-state index contributed by atoms with van der Waals surface area (Å²) in [5.74, 6) is -0.0393. The second-order valence-corrected chi connectivity index (χ2v) is 14.4. The molecule has 270 valence electrons. The Morgan fingerprint density at radius 2 is 1.80 bits per heavy atom. The minimum absolute atomic E-state index is 0.229. The van der Waals surface area contributed by atoms with Crippen LogP contribution in [0.1, 0.15) is 87.4 Å². The van der Waals surface area contributed by atoms with Crippen molar-refractivity contribution in [1.29, 1.82) is 0 Å². The molecule has 0 saturated carbocycles. The van der Waals surface area contributed by atoms with E-state index in [-0.39, 0.29) is 24.6 Å². The number of hydrogen-bond acceptors (Lipinski definition) is 6. The summed E-state index contributed by atoms with van der Waals surface area (Å²) in [6, 6.07) is 13.8. The average Bonchev–Trinajstić information content (AvgIpc) is 3.76. The number of carbonyl (C=O) groups is 2. The lowest BCUT2D eigenvalue weighted by Crippen LogP contribution is -2.36. The normalized spacial score (nSPS) is 14.8. The van der Waals surface area contributed by atoms with Crippen LogP contribution in [0.5, 0.6) is 5.75 Å². The summed E-state index contributed by atoms with van der Waals surface area (Å²) in [5.41, 5.74) is 4.82. The molecule has 1 atom stereocenters. The van der Waals surface area contributed by atoms with Crippen LogP contribution in [0.3, 0.4) is 0 Å². The number of aromatic nitrogens is 3. The highest BCUT2D eigenvalue weighted by molar-refractivity contribution is 6.35. The third-order valence-corrected chi connectivity index (χ3v) is 9.80. The summed E-state index contributed by atoms with van der Waals surface area (Å²) in [4.78, 5) is 28.8. The van der Waals surface area contributed by atoms with Crippen molar-refractivity contribution < 1.29 is 28.2 Å². The zero-order valence-electron chi connectivity index (χ0n) is 30.4. The molecule has 3 heterocycles. The standard InChI is InChI=1S/C40H46ClFN4O5/c1-8-30-34(35(43-45(30)7)31-15-11-21-46(31)39(48)51-40(3,4)5)33-29(41)20-19-28-27(37(38(47)49-9-2)44(6)36(28)33)14-12-22-50-32-16-10-13-24-23-25(42)17-18-26(24)32/h10,13,16-20,23,31H,8-9,11-12,14-15,21-22H2,1-7H3. The van der Waals surface area contributed by atoms with Crippen LogP contribution < -0.4 is 4.74 Å². The second kappa shape index (κ2) is 14.6. The number of nitrogens with zero attached hydrogens (tertiary/aromatic N) is 4. The molecule has 1 aliphatic heterocycles. The first-order valence-corrected chi connectivity index (χ1v) is 18.1. The fourth-order valence-corrected chi connectivity index (χ4v) is 7.66. The van der Waals surface area contributed by atoms with Crippen LogP contribution in [-0.4, -0.2) is 56.7 Å². The average molecular weight is 717 g/mol. The number of likely N-dealkylation sites (tertiary alicyclic amines) is 1. The van der Waals surface area contributed by atoms with Crippen LogP contribution in [0.25, 0.3) is 32.8 Å². The summed E-state index contributed by atoms with van der Waals surface area (Å²) >= 11 is 7.15. The number of rotatable bonds is 10. The van der Waals surface area contributed by atoms with Crippen molar-refractivity contribution >= 4 is 45.3 Å². The fraction of sp³-hybridized carbons (Fsp3) is 0.425. The van der Waals surface area contributed by atoms with Crippen molar-refractivity contribution in [2.24, 2.45) is 14.1 Å². The summed E-state index contributed by atoms with van der Waals surface area (Å²) in [6.07, 6.45) is 2.99. The Hall–Kier alpha value is -4.57. The van der Waals surface area contributed by atoms with Gasteiger partial charge in [-0.15, -0.1) is 0 Å². The molecule has 1 aliphatic rings. The van der Waals surface area contributed by atoms with Gasteiger partial charge in [-0.05, 0) is 101 Å². The highest BCUT2D eigenvalue weighted by Gasteiger charge is 2.38. The van der Waals surface area contributed by atoms with Crippen molar-refractivity contribution in [3.8, 4) is 16.9 Å². The molecule has 1 amide bonds. The largest absolute Gasteiger partial charge is 0.493 e. The van der Waals surface area contributed by atoms with Gasteiger partial charge in [0.15, 0.2) is 0 Å². The van der Waals surface area contributed by atoms with Gasteiger partial charge in [-0.25, -0.2) is 14.0 Å². The minimum Gasteiger partial charge on any atom is -0.493 e. The molecular weight excluding hydrogens is 671 g/mol. The maximum atomic E-state index is 13.8. The summed E-state index contributed by atoms with van der Waals surface area (Å²) in [7, 11) is 3.79. The summed E-state index contributed by atoms with van der Waals surface area (Å²) < 4.78 is 35.2. The first kappa shape index (κ1) is 36.2. The van der Waals surface area contributed by atoms with E-state index in [0.29, 0.717) is 48.9 Å². The molecule has 5 aromatic rings. The van der Waals surface area contributed by atoms with Gasteiger partial charge >= 0.3 is 12.1 Å². The number of hydrogen-bond donors (Lipinski definition) is 0. The van der Waals surface area contributed by atoms with E-state index in [4.69, 9.17) is 30.9 Å². The highest BCUT2D eigenvalue weighted by Crippen LogP contribution is 2.46. The fourth-order valence-electron chi connectivity index (χ4n) is 7.42. The molecule has 0 aliphatic carbocycles. The van der Waals surface area contributed by atoms with Gasteiger partial charge in [-0.3, -0.25) is 9.58 Å². The Morgan fingerprint density at radius 3 is 2.53 bits per heavy atom. The predicted octanol–water partition coefficient (Wildman–Crippen LogP) is 9.35. The maximum Gasteiger partial charge on any atom is 0.410 e. The molecule has 0 spiro atoms. The molecule has 0 radical (unpaired) electrons. The van der Waals surface area contributed by atoms with Crippen LogP contribution in [0.15, 0.2) is 48.5 Å². The Bertz CT molecular complexity index is 2110. The maximum absolute atomic E-state index is 13.8. The van der Waals surface area contributed by atoms with E-state index < -0.39 is 11.6 Å². The van der Waals surface area contributed by atoms with E-state index in [1.165, 1.54) is 12.1 Å². The number of aryl methyl sites for hydroxylation is 3. The molecule has 3 aromatic carbocycles. The molecule has 1 unspecified atom stereocenters. The number of esters is 1. The number of halogens is 2. The molecule has 1 fully saturated rings. The SMILES string of the molecule is CCOC(=O)c1c(CCCOc2cccc3cc(F)ccc23)c2ccc(Cl)c(-c3c(C4CCCN4C(=O)OC(C)(C)C)nn(C)c3CC)c2n1C. The first-order chi connectivity index (χ1) is 24.3. The van der Waals surface area contributed by atoms with E-state index in [2.05, 4.69) is 6.92 Å². The third kappa shape index (κ3) is 7.03. The minimum atomic E-state index is -0.636. The summed E-state index contributed by atoms with van der Waals surface area (Å²) in [6.45, 7) is 10.6. The van der Waals surface area contributed by atoms with E-state index in [0.717, 1.165) is 62.6 Å². The van der Waals surface area contributed by atoms with Gasteiger partial charge in [0.25, 0.3) is 0 Å². The number of fused-ring (bicyclic) bond motifs is 2. The van der Waals surface area contributed by atoms with E-state index >= 15 is 0 Å². The molecule has 2 aromatic heterocycles. The highest BCUT2D eigenvalue weighted by atomic mass is 35.5. The Kier molecular flexibility index (Phi) is 10.4. The third-order valence-electron chi connectivity index (χ3n) is 9.48. The van der Waals surface area contributed by atoms with Crippen molar-refractivity contribution in [3.63, 3.8) is 0 Å². The number of carbonyl (C=O) groups excluding carboxylic acids is 2. The van der Waals surface area contributed by atoms with Crippen molar-refractivity contribution in [2.45, 2.75) is 78.4 Å². The van der Waals surface area contributed by atoms with Gasteiger partial charge in [0, 0.05) is 48.2 Å². The van der Waals surface area contributed by atoms with Crippen molar-refractivity contribution in [2.75, 3.05) is 19.8 Å². The zero-order chi connectivity index (χ0) is 36.6. The van der Waals surface area contributed by atoms with Gasteiger partial charge < -0.3 is 18.8 Å². The molecule has 6 rings (SSSR count). The zero-order valence-corrected chi connectivity index (χ0v) is 31.2. The van der Waals surface area contributed by atoms with Crippen molar-refractivity contribution in [1.82, 2.24) is 19.2 Å². The lowest BCUT2D eigenvalue weighted by atomic mass is 9.94. The molecule has 9 nitrogen and oxygen atoms in total. The topological polar surface area (TPSA) is 87.8 Å². The molecule has 51 heavy (non-hydrogen) atoms. The Labute approximate surface area is 303 Å². The number of ether oxygens (including phenoxy) is 3. The second-order valence-electron chi connectivity index (χ2n) is 14.0. The van der Waals surface area contributed by atoms with Gasteiger partial charge in [-0.1, -0.05) is 36.7 Å². The number of benzene rings is 3. The van der Waals surface area contributed by atoms with Gasteiger partial charge in [0.05, 0.1) is 35.5 Å². The van der Waals surface area contributed by atoms with E-state index in [9.17, 15) is 14.0 Å². The van der Waals surface area contributed by atoms with Crippen LogP contribution in [0.2, 0.25) is 5.02 Å². The Morgan fingerprint density at radius 1 is 1.04 bits per heavy atom. The molecule has 0 N–H and O–H groups in total. The van der Waals surface area contributed by atoms with Gasteiger partial charge in [-0.2, -0.15) is 5.10 Å². The van der Waals surface area contributed by atoms with Crippen LogP contribution >= 0.6 is 11.6 Å². The smallest absolute Gasteiger partial charge is 0.410 e. The van der Waals surface area contributed by atoms with Crippen LogP contribution in [0.4, 0.5) is 9.18 Å². The molecule has 11 heteroatoms. The Balaban J connectivity index is 1.42. The van der Waals surface area contributed by atoms with E-state index in [1.54, 1.807) is 17.9 Å². The van der Waals surface area contributed by atoms with E-state index in [1.807, 2.05) is 74.4 Å². The predicted molar refractivity (Wildman–Crippen MR) is 198 cm³/mol. The van der Waals surface area contributed by atoms with Crippen LogP contribution in [-0.2, 0) is 36.4 Å². The molecule has 1 saturated heterocycles. The quantitative estimate of drug-likeness (QED) is 0.106. The van der Waals surface area contributed by atoms with Crippen molar-refractivity contribution in [3.05, 3.63) is 82.0 Å². The lowest BCUT2D eigenvalue weighted by Gasteiger charge is -2.28. The lowest BCUT2D eigenvalue weighted by molar-refractivity contribution is 0.0221. The molecule has 0 bridgehead atoms. The van der Waals surface area contributed by atoms with Crippen LogP contribution in [0, 0.1) is 5.82 Å². The van der Waals surface area contributed by atoms with Gasteiger partial charge in [0.2, 0.25) is 0 Å². The summed E-state index contributed by atoms with van der Waals surface area (Å²) in [5, 5.41) is 8.03. The monoisotopic (exact) mass is 716 g/mol. The number of amides is 1. The van der Waals surface area contributed by atoms with Gasteiger partial charge in [0.1, 0.15) is 22.9 Å².